The van der Waals surface area contributed by atoms with Crippen LogP contribution in [0.2, 0.25) is 0 Å². The molecular formula is C13H18N2. The van der Waals surface area contributed by atoms with Gasteiger partial charge in [-0.05, 0) is 56.4 Å². The van der Waals surface area contributed by atoms with Gasteiger partial charge in [0.25, 0.3) is 0 Å². The molecule has 0 saturated carbocycles. The maximum absolute atomic E-state index is 3.37. The minimum Gasteiger partial charge on any atom is -0.359 e. The number of aromatic amines is 1. The van der Waals surface area contributed by atoms with Crippen molar-refractivity contribution in [1.29, 1.82) is 0 Å². The van der Waals surface area contributed by atoms with Gasteiger partial charge in [-0.3, -0.25) is 0 Å². The third-order valence-electron chi connectivity index (χ3n) is 2.71. The Morgan fingerprint density at radius 2 is 2.13 bits per heavy atom. The van der Waals surface area contributed by atoms with Crippen LogP contribution in [0, 0.1) is 6.92 Å². The van der Waals surface area contributed by atoms with Crippen LogP contribution < -0.4 is 5.32 Å². The number of nitrogens with one attached hydrogen (secondary N) is 2. The Morgan fingerprint density at radius 3 is 2.93 bits per heavy atom. The zero-order chi connectivity index (χ0) is 10.7. The van der Waals surface area contributed by atoms with Gasteiger partial charge < -0.3 is 10.3 Å². The highest BCUT2D eigenvalue weighted by atomic mass is 14.8. The van der Waals surface area contributed by atoms with E-state index in [-0.39, 0.29) is 0 Å². The van der Waals surface area contributed by atoms with E-state index in [1.165, 1.54) is 28.6 Å². The lowest BCUT2D eigenvalue weighted by Crippen LogP contribution is -2.08. The highest BCUT2D eigenvalue weighted by molar-refractivity contribution is 5.80. The third-order valence-corrected chi connectivity index (χ3v) is 2.71. The summed E-state index contributed by atoms with van der Waals surface area (Å²) in [6, 6.07) is 8.88. The normalized spacial score (nSPS) is 11.1. The van der Waals surface area contributed by atoms with E-state index < -0.39 is 0 Å². The Morgan fingerprint density at radius 1 is 1.27 bits per heavy atom. The van der Waals surface area contributed by atoms with Crippen LogP contribution in [0.3, 0.4) is 0 Å². The summed E-state index contributed by atoms with van der Waals surface area (Å²) >= 11 is 0. The van der Waals surface area contributed by atoms with Crippen molar-refractivity contribution < 1.29 is 0 Å². The number of hydrogen-bond donors (Lipinski definition) is 2. The molecular weight excluding hydrogens is 184 g/mol. The topological polar surface area (TPSA) is 27.8 Å². The van der Waals surface area contributed by atoms with Gasteiger partial charge in [0.05, 0.1) is 0 Å². The van der Waals surface area contributed by atoms with Gasteiger partial charge in [0.1, 0.15) is 0 Å². The summed E-state index contributed by atoms with van der Waals surface area (Å²) in [5.41, 5.74) is 3.91. The van der Waals surface area contributed by atoms with Crippen molar-refractivity contribution in [2.24, 2.45) is 0 Å². The fourth-order valence-corrected chi connectivity index (χ4v) is 1.94. The molecule has 2 aromatic rings. The monoisotopic (exact) mass is 202 g/mol. The lowest BCUT2D eigenvalue weighted by molar-refractivity contribution is 0.725. The van der Waals surface area contributed by atoms with E-state index in [0.29, 0.717) is 0 Å². The Bertz CT molecular complexity index is 443. The van der Waals surface area contributed by atoms with Crippen LogP contribution in [0.15, 0.2) is 24.3 Å². The zero-order valence-corrected chi connectivity index (χ0v) is 9.43. The standard InChI is InChI=1S/C13H18N2/c1-10-8-12-6-5-11(4-3-7-14-2)9-13(12)15-10/h5-6,8-9,14-15H,3-4,7H2,1-2H3. The molecule has 2 N–H and O–H groups in total. The van der Waals surface area contributed by atoms with Crippen molar-refractivity contribution in [3.63, 3.8) is 0 Å². The summed E-state index contributed by atoms with van der Waals surface area (Å²) in [6.07, 6.45) is 2.34. The second-order valence-electron chi connectivity index (χ2n) is 4.08. The average molecular weight is 202 g/mol. The second kappa shape index (κ2) is 4.49. The maximum atomic E-state index is 3.37. The van der Waals surface area contributed by atoms with Crippen LogP contribution in [-0.4, -0.2) is 18.6 Å². The van der Waals surface area contributed by atoms with Gasteiger partial charge in [0, 0.05) is 11.2 Å². The molecule has 0 spiro atoms. The molecule has 80 valence electrons. The summed E-state index contributed by atoms with van der Waals surface area (Å²) in [4.78, 5) is 3.37. The largest absolute Gasteiger partial charge is 0.359 e. The van der Waals surface area contributed by atoms with Gasteiger partial charge >= 0.3 is 0 Å². The van der Waals surface area contributed by atoms with Crippen LogP contribution in [0.4, 0.5) is 0 Å². The molecule has 0 bridgehead atoms. The van der Waals surface area contributed by atoms with E-state index in [2.05, 4.69) is 41.5 Å². The lowest BCUT2D eigenvalue weighted by atomic mass is 10.1. The first kappa shape index (κ1) is 10.2. The van der Waals surface area contributed by atoms with Crippen LogP contribution in [-0.2, 0) is 6.42 Å². The van der Waals surface area contributed by atoms with Crippen molar-refractivity contribution in [2.75, 3.05) is 13.6 Å². The number of benzene rings is 1. The number of hydrogen-bond acceptors (Lipinski definition) is 1. The molecule has 0 saturated heterocycles. The molecule has 1 heterocycles. The molecule has 1 aromatic heterocycles. The van der Waals surface area contributed by atoms with E-state index in [0.717, 1.165) is 13.0 Å². The van der Waals surface area contributed by atoms with Crippen molar-refractivity contribution in [3.05, 3.63) is 35.5 Å². The van der Waals surface area contributed by atoms with Crippen molar-refractivity contribution in [2.45, 2.75) is 19.8 Å². The van der Waals surface area contributed by atoms with Gasteiger partial charge in [0.2, 0.25) is 0 Å². The summed E-state index contributed by atoms with van der Waals surface area (Å²) < 4.78 is 0. The first-order valence-corrected chi connectivity index (χ1v) is 5.52. The Kier molecular flexibility index (Phi) is 3.07. The first-order valence-electron chi connectivity index (χ1n) is 5.52. The van der Waals surface area contributed by atoms with Crippen LogP contribution in [0.5, 0.6) is 0 Å². The summed E-state index contributed by atoms with van der Waals surface area (Å²) in [5, 5.41) is 4.48. The number of aryl methyl sites for hydroxylation is 2. The van der Waals surface area contributed by atoms with Gasteiger partial charge in [-0.2, -0.15) is 0 Å². The van der Waals surface area contributed by atoms with Crippen molar-refractivity contribution in [1.82, 2.24) is 10.3 Å². The van der Waals surface area contributed by atoms with E-state index >= 15 is 0 Å². The van der Waals surface area contributed by atoms with Crippen molar-refractivity contribution >= 4 is 10.9 Å². The molecule has 2 heteroatoms. The molecule has 0 aliphatic rings. The van der Waals surface area contributed by atoms with Gasteiger partial charge in [0.15, 0.2) is 0 Å². The van der Waals surface area contributed by atoms with E-state index in [9.17, 15) is 0 Å². The lowest BCUT2D eigenvalue weighted by Gasteiger charge is -2.01. The Hall–Kier alpha value is -1.28. The summed E-state index contributed by atoms with van der Waals surface area (Å²) in [6.45, 7) is 3.18. The molecule has 0 aliphatic carbocycles. The smallest absolute Gasteiger partial charge is 0.0458 e. The van der Waals surface area contributed by atoms with Crippen molar-refractivity contribution in [3.8, 4) is 0 Å². The minimum absolute atomic E-state index is 1.09. The molecule has 0 atom stereocenters. The molecule has 1 aromatic carbocycles. The molecule has 0 amide bonds. The highest BCUT2D eigenvalue weighted by Gasteiger charge is 1.99. The highest BCUT2D eigenvalue weighted by Crippen LogP contribution is 2.17. The molecule has 0 aliphatic heterocycles. The molecule has 2 rings (SSSR count). The molecule has 2 nitrogen and oxygen atoms in total. The fraction of sp³-hybridized carbons (Fsp3) is 0.385. The van der Waals surface area contributed by atoms with E-state index in [1.807, 2.05) is 7.05 Å². The predicted molar refractivity (Wildman–Crippen MR) is 65.3 cm³/mol. The number of aromatic nitrogens is 1. The Labute approximate surface area is 90.7 Å². The molecule has 0 unspecified atom stereocenters. The van der Waals surface area contributed by atoms with E-state index in [4.69, 9.17) is 0 Å². The van der Waals surface area contributed by atoms with Gasteiger partial charge in [-0.15, -0.1) is 0 Å². The van der Waals surface area contributed by atoms with E-state index in [1.54, 1.807) is 0 Å². The minimum atomic E-state index is 1.09. The molecule has 0 radical (unpaired) electrons. The summed E-state index contributed by atoms with van der Waals surface area (Å²) in [5.74, 6) is 0. The number of H-pyrrole nitrogens is 1. The fourth-order valence-electron chi connectivity index (χ4n) is 1.94. The number of fused-ring (bicyclic) bond motifs is 1. The number of rotatable bonds is 4. The maximum Gasteiger partial charge on any atom is 0.0458 e. The second-order valence-corrected chi connectivity index (χ2v) is 4.08. The third kappa shape index (κ3) is 2.39. The molecule has 0 fully saturated rings. The Balaban J connectivity index is 2.15. The van der Waals surface area contributed by atoms with Gasteiger partial charge in [-0.25, -0.2) is 0 Å². The zero-order valence-electron chi connectivity index (χ0n) is 9.43. The summed E-state index contributed by atoms with van der Waals surface area (Å²) in [7, 11) is 2.00. The SMILES string of the molecule is CNCCCc1ccc2cc(C)[nH]c2c1. The first-order chi connectivity index (χ1) is 7.29. The quantitative estimate of drug-likeness (QED) is 0.733. The average Bonchev–Trinajstić information content (AvgIpc) is 2.57. The van der Waals surface area contributed by atoms with Crippen LogP contribution >= 0.6 is 0 Å². The van der Waals surface area contributed by atoms with Gasteiger partial charge in [-0.1, -0.05) is 12.1 Å². The predicted octanol–water partition coefficient (Wildman–Crippen LogP) is 2.63. The van der Waals surface area contributed by atoms with Crippen LogP contribution in [0.1, 0.15) is 17.7 Å². The van der Waals surface area contributed by atoms with Crippen LogP contribution in [0.25, 0.3) is 10.9 Å². The molecule has 15 heavy (non-hydrogen) atoms.